The van der Waals surface area contributed by atoms with Gasteiger partial charge in [0.15, 0.2) is 11.5 Å². The summed E-state index contributed by atoms with van der Waals surface area (Å²) in [7, 11) is 1.73. The van der Waals surface area contributed by atoms with E-state index in [9.17, 15) is 4.79 Å². The number of nitrogens with zero attached hydrogens (tertiary/aromatic N) is 1. The summed E-state index contributed by atoms with van der Waals surface area (Å²) in [4.78, 5) is 13.2. The van der Waals surface area contributed by atoms with Crippen LogP contribution >= 0.6 is 0 Å². The summed E-state index contributed by atoms with van der Waals surface area (Å²) in [6.45, 7) is 2.45. The first-order chi connectivity index (χ1) is 8.08. The molecule has 0 radical (unpaired) electrons. The van der Waals surface area contributed by atoms with Gasteiger partial charge in [-0.25, -0.2) is 0 Å². The molecule has 1 atom stereocenters. The van der Waals surface area contributed by atoms with E-state index in [1.54, 1.807) is 18.9 Å². The first kappa shape index (κ1) is 11.7. The fourth-order valence-electron chi connectivity index (χ4n) is 1.74. The van der Waals surface area contributed by atoms with Crippen molar-refractivity contribution in [3.63, 3.8) is 0 Å². The van der Waals surface area contributed by atoms with Crippen molar-refractivity contribution in [1.29, 1.82) is 0 Å². The average Bonchev–Trinajstić information content (AvgIpc) is 2.74. The van der Waals surface area contributed by atoms with Gasteiger partial charge in [0.05, 0.1) is 6.04 Å². The van der Waals surface area contributed by atoms with Gasteiger partial charge in [-0.3, -0.25) is 4.79 Å². The highest BCUT2D eigenvalue weighted by atomic mass is 16.7. The van der Waals surface area contributed by atoms with Crippen LogP contribution in [0.4, 0.5) is 0 Å². The molecule has 1 amide bonds. The highest BCUT2D eigenvalue weighted by Gasteiger charge is 2.16. The van der Waals surface area contributed by atoms with Crippen LogP contribution in [0.1, 0.15) is 12.5 Å². The molecule has 1 aliphatic rings. The first-order valence-electron chi connectivity index (χ1n) is 5.47. The Labute approximate surface area is 100 Å². The van der Waals surface area contributed by atoms with Gasteiger partial charge in [-0.15, -0.1) is 0 Å². The minimum atomic E-state index is -0.478. The molecule has 92 valence electrons. The lowest BCUT2D eigenvalue weighted by Crippen LogP contribution is -2.39. The van der Waals surface area contributed by atoms with Gasteiger partial charge in [0.2, 0.25) is 12.7 Å². The van der Waals surface area contributed by atoms with Crippen LogP contribution in [0, 0.1) is 0 Å². The molecule has 5 nitrogen and oxygen atoms in total. The van der Waals surface area contributed by atoms with E-state index in [1.165, 1.54) is 0 Å². The maximum absolute atomic E-state index is 11.6. The van der Waals surface area contributed by atoms with Gasteiger partial charge < -0.3 is 20.1 Å². The minimum absolute atomic E-state index is 0.0809. The van der Waals surface area contributed by atoms with Crippen LogP contribution in [-0.4, -0.2) is 30.7 Å². The van der Waals surface area contributed by atoms with Gasteiger partial charge in [-0.1, -0.05) is 6.07 Å². The SMILES string of the molecule is C[C@H](N)C(=O)N(C)Cc1ccc2c(c1)OCO2. The van der Waals surface area contributed by atoms with Crippen LogP contribution in [0.5, 0.6) is 11.5 Å². The van der Waals surface area contributed by atoms with Gasteiger partial charge >= 0.3 is 0 Å². The molecule has 1 aromatic rings. The maximum Gasteiger partial charge on any atom is 0.239 e. The molecule has 17 heavy (non-hydrogen) atoms. The Bertz CT molecular complexity index is 432. The third-order valence-electron chi connectivity index (χ3n) is 2.62. The lowest BCUT2D eigenvalue weighted by atomic mass is 10.2. The topological polar surface area (TPSA) is 64.8 Å². The standard InChI is InChI=1S/C12H16N2O3/c1-8(13)12(15)14(2)6-9-3-4-10-11(5-9)17-7-16-10/h3-5,8H,6-7,13H2,1-2H3/t8-/m0/s1. The van der Waals surface area contributed by atoms with E-state index in [4.69, 9.17) is 15.2 Å². The molecule has 0 saturated carbocycles. The molecule has 0 aromatic heterocycles. The normalized spacial score (nSPS) is 14.5. The predicted octanol–water partition coefficient (Wildman–Crippen LogP) is 0.721. The van der Waals surface area contributed by atoms with Crippen molar-refractivity contribution < 1.29 is 14.3 Å². The Balaban J connectivity index is 2.06. The largest absolute Gasteiger partial charge is 0.454 e. The molecule has 0 saturated heterocycles. The molecule has 0 spiro atoms. The zero-order valence-corrected chi connectivity index (χ0v) is 9.97. The molecule has 1 aromatic carbocycles. The second-order valence-electron chi connectivity index (χ2n) is 4.17. The van der Waals surface area contributed by atoms with Crippen molar-refractivity contribution in [2.24, 2.45) is 5.73 Å². The summed E-state index contributed by atoms with van der Waals surface area (Å²) in [6.07, 6.45) is 0. The molecule has 0 bridgehead atoms. The van der Waals surface area contributed by atoms with Crippen LogP contribution in [-0.2, 0) is 11.3 Å². The Morgan fingerprint density at radius 3 is 2.88 bits per heavy atom. The molecule has 5 heteroatoms. The Morgan fingerprint density at radius 2 is 2.18 bits per heavy atom. The summed E-state index contributed by atoms with van der Waals surface area (Å²) in [6, 6.07) is 5.17. The van der Waals surface area contributed by atoms with Crippen LogP contribution in [0.3, 0.4) is 0 Å². The van der Waals surface area contributed by atoms with Crippen molar-refractivity contribution in [3.05, 3.63) is 23.8 Å². The highest BCUT2D eigenvalue weighted by molar-refractivity contribution is 5.80. The molecular formula is C12H16N2O3. The van der Waals surface area contributed by atoms with Crippen LogP contribution in [0.2, 0.25) is 0 Å². The Morgan fingerprint density at radius 1 is 1.47 bits per heavy atom. The monoisotopic (exact) mass is 236 g/mol. The number of carbonyl (C=O) groups excluding carboxylic acids is 1. The number of fused-ring (bicyclic) bond motifs is 1. The third kappa shape index (κ3) is 2.50. The number of amides is 1. The number of hydrogen-bond donors (Lipinski definition) is 1. The summed E-state index contributed by atoms with van der Waals surface area (Å²) in [5.41, 5.74) is 6.54. The van der Waals surface area contributed by atoms with Gasteiger partial charge in [0.1, 0.15) is 0 Å². The molecule has 1 aliphatic heterocycles. The lowest BCUT2D eigenvalue weighted by molar-refractivity contribution is -0.131. The highest BCUT2D eigenvalue weighted by Crippen LogP contribution is 2.32. The van der Waals surface area contributed by atoms with E-state index < -0.39 is 6.04 Å². The van der Waals surface area contributed by atoms with Crippen LogP contribution < -0.4 is 15.2 Å². The number of ether oxygens (including phenoxy) is 2. The van der Waals surface area contributed by atoms with E-state index in [2.05, 4.69) is 0 Å². The molecule has 0 fully saturated rings. The van der Waals surface area contributed by atoms with Gasteiger partial charge in [-0.2, -0.15) is 0 Å². The average molecular weight is 236 g/mol. The number of hydrogen-bond acceptors (Lipinski definition) is 4. The number of benzene rings is 1. The minimum Gasteiger partial charge on any atom is -0.454 e. The van der Waals surface area contributed by atoms with Gasteiger partial charge in [0, 0.05) is 13.6 Å². The van der Waals surface area contributed by atoms with E-state index in [0.717, 1.165) is 17.1 Å². The Kier molecular flexibility index (Phi) is 3.19. The summed E-state index contributed by atoms with van der Waals surface area (Å²) >= 11 is 0. The van der Waals surface area contributed by atoms with Crippen molar-refractivity contribution >= 4 is 5.91 Å². The molecule has 2 N–H and O–H groups in total. The second-order valence-corrected chi connectivity index (χ2v) is 4.17. The van der Waals surface area contributed by atoms with E-state index in [-0.39, 0.29) is 12.7 Å². The van der Waals surface area contributed by atoms with Crippen molar-refractivity contribution in [3.8, 4) is 11.5 Å². The Hall–Kier alpha value is -1.75. The number of likely N-dealkylation sites (N-methyl/N-ethyl adjacent to an activating group) is 1. The molecular weight excluding hydrogens is 220 g/mol. The zero-order valence-electron chi connectivity index (χ0n) is 9.97. The molecule has 2 rings (SSSR count). The zero-order chi connectivity index (χ0) is 12.4. The first-order valence-corrected chi connectivity index (χ1v) is 5.47. The van der Waals surface area contributed by atoms with Crippen LogP contribution in [0.15, 0.2) is 18.2 Å². The summed E-state index contributed by atoms with van der Waals surface area (Å²) < 4.78 is 10.5. The van der Waals surface area contributed by atoms with Crippen LogP contribution in [0.25, 0.3) is 0 Å². The smallest absolute Gasteiger partial charge is 0.239 e. The quantitative estimate of drug-likeness (QED) is 0.840. The molecule has 0 unspecified atom stereocenters. The maximum atomic E-state index is 11.6. The van der Waals surface area contributed by atoms with E-state index in [0.29, 0.717) is 6.54 Å². The summed E-state index contributed by atoms with van der Waals surface area (Å²) in [5.74, 6) is 1.39. The van der Waals surface area contributed by atoms with E-state index in [1.807, 2.05) is 18.2 Å². The van der Waals surface area contributed by atoms with Crippen molar-refractivity contribution in [1.82, 2.24) is 4.90 Å². The predicted molar refractivity (Wildman–Crippen MR) is 62.7 cm³/mol. The fourth-order valence-corrected chi connectivity index (χ4v) is 1.74. The molecule has 1 heterocycles. The van der Waals surface area contributed by atoms with Crippen molar-refractivity contribution in [2.45, 2.75) is 19.5 Å². The van der Waals surface area contributed by atoms with Gasteiger partial charge in [0.25, 0.3) is 0 Å². The number of nitrogens with two attached hydrogens (primary N) is 1. The van der Waals surface area contributed by atoms with Crippen molar-refractivity contribution in [2.75, 3.05) is 13.8 Å². The summed E-state index contributed by atoms with van der Waals surface area (Å²) in [5, 5.41) is 0. The number of carbonyl (C=O) groups is 1. The molecule has 0 aliphatic carbocycles. The third-order valence-corrected chi connectivity index (χ3v) is 2.62. The number of rotatable bonds is 3. The second kappa shape index (κ2) is 4.63. The van der Waals surface area contributed by atoms with E-state index >= 15 is 0 Å². The van der Waals surface area contributed by atoms with Gasteiger partial charge in [-0.05, 0) is 24.6 Å². The fraction of sp³-hybridized carbons (Fsp3) is 0.417. The lowest BCUT2D eigenvalue weighted by Gasteiger charge is -2.19.